The highest BCUT2D eigenvalue weighted by molar-refractivity contribution is 7.91. The molecule has 162 valence electrons. The van der Waals surface area contributed by atoms with Crippen LogP contribution in [0.15, 0.2) is 33.5 Å². The molecule has 3 aromatic rings. The minimum atomic E-state index is -3.92. The van der Waals surface area contributed by atoms with Gasteiger partial charge in [0.1, 0.15) is 16.1 Å². The molecule has 1 aliphatic rings. The van der Waals surface area contributed by atoms with Crippen LogP contribution >= 0.6 is 34.3 Å². The van der Waals surface area contributed by atoms with Crippen molar-refractivity contribution < 1.29 is 22.0 Å². The van der Waals surface area contributed by atoms with Crippen LogP contribution in [-0.4, -0.2) is 35.8 Å². The van der Waals surface area contributed by atoms with Gasteiger partial charge in [0.25, 0.3) is 15.9 Å². The Morgan fingerprint density at radius 3 is 2.77 bits per heavy atom. The first kappa shape index (κ1) is 22.1. The minimum absolute atomic E-state index is 0.0407. The summed E-state index contributed by atoms with van der Waals surface area (Å²) >= 11 is 7.68. The van der Waals surface area contributed by atoms with E-state index >= 15 is 0 Å². The van der Waals surface area contributed by atoms with Crippen LogP contribution in [0, 0.1) is 24.0 Å². The number of carbonyl (C=O) groups excluding carboxylic acids is 1. The summed E-state index contributed by atoms with van der Waals surface area (Å²) in [7, 11) is -3.92. The number of hydrogen-bond acceptors (Lipinski definition) is 5. The average Bonchev–Trinajstić information content (AvgIpc) is 3.41. The van der Waals surface area contributed by atoms with Crippen molar-refractivity contribution in [1.29, 1.82) is 0 Å². The van der Waals surface area contributed by atoms with E-state index in [2.05, 4.69) is 10.9 Å². The van der Waals surface area contributed by atoms with Gasteiger partial charge in [-0.25, -0.2) is 17.2 Å². The maximum atomic E-state index is 14.3. The van der Waals surface area contributed by atoms with Crippen LogP contribution in [0.25, 0.3) is 10.2 Å². The van der Waals surface area contributed by atoms with Crippen LogP contribution in [0.1, 0.15) is 12.8 Å². The molecule has 31 heavy (non-hydrogen) atoms. The minimum Gasteiger partial charge on any atom is -0.302 e. The summed E-state index contributed by atoms with van der Waals surface area (Å²) in [5.74, 6) is 0.0837. The van der Waals surface area contributed by atoms with Crippen molar-refractivity contribution in [3.05, 3.63) is 45.0 Å². The second kappa shape index (κ2) is 8.44. The Kier molecular flexibility index (Phi) is 6.02. The molecule has 1 atom stereocenters. The fourth-order valence-corrected chi connectivity index (χ4v) is 7.78. The summed E-state index contributed by atoms with van der Waals surface area (Å²) in [4.78, 5) is 17.1. The molecule has 1 aliphatic heterocycles. The van der Waals surface area contributed by atoms with Gasteiger partial charge in [-0.2, -0.15) is 9.30 Å². The van der Waals surface area contributed by atoms with Gasteiger partial charge in [0, 0.05) is 12.6 Å². The van der Waals surface area contributed by atoms with Crippen LogP contribution in [0.3, 0.4) is 0 Å². The molecule has 0 unspecified atom stereocenters. The summed E-state index contributed by atoms with van der Waals surface area (Å²) in [5, 5.41) is 0. The Balaban J connectivity index is 1.76. The van der Waals surface area contributed by atoms with Crippen molar-refractivity contribution in [1.82, 2.24) is 8.87 Å². The average molecular weight is 502 g/mol. The Hall–Kier alpha value is -2.10. The van der Waals surface area contributed by atoms with Gasteiger partial charge in [-0.05, 0) is 31.0 Å². The molecule has 6 nitrogen and oxygen atoms in total. The summed E-state index contributed by atoms with van der Waals surface area (Å²) in [6.45, 7) is 0.0788. The van der Waals surface area contributed by atoms with Gasteiger partial charge in [0.05, 0.1) is 21.1 Å². The standard InChI is InChI=1S/C19H14ClF2N3O3S3/c1-2-7-24-17-12(22)9-11(21)10-14(17)29-19(24)23-18(26)13-4-3-8-25(13)31(27,28)16-6-5-15(20)30-16/h1,5-6,9-10,13H,3-4,7-8H2/t13-/m0/s1. The summed E-state index contributed by atoms with van der Waals surface area (Å²) in [6, 6.07) is 3.72. The predicted octanol–water partition coefficient (Wildman–Crippen LogP) is 3.61. The molecule has 0 N–H and O–H groups in total. The van der Waals surface area contributed by atoms with Gasteiger partial charge in [-0.3, -0.25) is 4.79 Å². The molecule has 2 aromatic heterocycles. The predicted molar refractivity (Wildman–Crippen MR) is 115 cm³/mol. The van der Waals surface area contributed by atoms with Gasteiger partial charge in [0.15, 0.2) is 10.6 Å². The number of thiazole rings is 1. The van der Waals surface area contributed by atoms with E-state index < -0.39 is 33.6 Å². The number of thiophene rings is 1. The molecule has 0 saturated carbocycles. The van der Waals surface area contributed by atoms with E-state index in [1.807, 2.05) is 0 Å². The fraction of sp³-hybridized carbons (Fsp3) is 0.263. The van der Waals surface area contributed by atoms with Crippen LogP contribution in [-0.2, 0) is 21.4 Å². The smallest absolute Gasteiger partial charge is 0.266 e. The molecular weight excluding hydrogens is 488 g/mol. The molecule has 1 saturated heterocycles. The van der Waals surface area contributed by atoms with Gasteiger partial charge >= 0.3 is 0 Å². The number of sulfonamides is 1. The topological polar surface area (TPSA) is 71.7 Å². The molecule has 1 aromatic carbocycles. The van der Waals surface area contributed by atoms with Gasteiger partial charge in [-0.15, -0.1) is 17.8 Å². The van der Waals surface area contributed by atoms with E-state index in [9.17, 15) is 22.0 Å². The second-order valence-corrected chi connectivity index (χ2v) is 11.5. The quantitative estimate of drug-likeness (QED) is 0.513. The molecule has 12 heteroatoms. The zero-order chi connectivity index (χ0) is 22.3. The van der Waals surface area contributed by atoms with Crippen LogP contribution in [0.4, 0.5) is 8.78 Å². The molecule has 4 rings (SSSR count). The largest absolute Gasteiger partial charge is 0.302 e. The zero-order valence-electron chi connectivity index (χ0n) is 15.7. The van der Waals surface area contributed by atoms with E-state index in [-0.39, 0.29) is 32.3 Å². The summed E-state index contributed by atoms with van der Waals surface area (Å²) < 4.78 is 56.9. The lowest BCUT2D eigenvalue weighted by Crippen LogP contribution is -2.40. The number of benzene rings is 1. The molecule has 3 heterocycles. The van der Waals surface area contributed by atoms with Crippen LogP contribution < -0.4 is 4.80 Å². The SMILES string of the molecule is C#CCn1c(=NC(=O)[C@@H]2CCCN2S(=O)(=O)c2ccc(Cl)s2)sc2cc(F)cc(F)c21. The third kappa shape index (κ3) is 4.06. The molecule has 0 spiro atoms. The van der Waals surface area contributed by atoms with E-state index in [4.69, 9.17) is 18.0 Å². The lowest BCUT2D eigenvalue weighted by Gasteiger charge is -2.20. The van der Waals surface area contributed by atoms with E-state index in [1.165, 1.54) is 16.7 Å². The van der Waals surface area contributed by atoms with Crippen LogP contribution in [0.2, 0.25) is 4.34 Å². The Bertz CT molecular complexity index is 1400. The van der Waals surface area contributed by atoms with Gasteiger partial charge < -0.3 is 4.57 Å². The molecule has 1 amide bonds. The zero-order valence-corrected chi connectivity index (χ0v) is 18.9. The van der Waals surface area contributed by atoms with Gasteiger partial charge in [-0.1, -0.05) is 28.9 Å². The molecule has 1 fully saturated rings. The first-order valence-corrected chi connectivity index (χ1v) is 12.4. The number of nitrogens with zero attached hydrogens (tertiary/aromatic N) is 3. The maximum absolute atomic E-state index is 14.3. The van der Waals surface area contributed by atoms with Crippen molar-refractivity contribution >= 4 is 60.4 Å². The highest BCUT2D eigenvalue weighted by Gasteiger charge is 2.40. The van der Waals surface area contributed by atoms with Crippen molar-refractivity contribution in [3.63, 3.8) is 0 Å². The van der Waals surface area contributed by atoms with E-state index in [0.29, 0.717) is 17.2 Å². The number of hydrogen-bond donors (Lipinski definition) is 0. The van der Waals surface area contributed by atoms with Gasteiger partial charge in [0.2, 0.25) is 0 Å². The van der Waals surface area contributed by atoms with Crippen molar-refractivity contribution in [3.8, 4) is 12.3 Å². The number of aromatic nitrogens is 1. The van der Waals surface area contributed by atoms with Crippen molar-refractivity contribution in [2.45, 2.75) is 29.6 Å². The molecular formula is C19H14ClF2N3O3S3. The monoisotopic (exact) mass is 501 g/mol. The second-order valence-electron chi connectivity index (χ2n) is 6.69. The molecule has 0 bridgehead atoms. The Morgan fingerprint density at radius 2 is 2.10 bits per heavy atom. The third-order valence-electron chi connectivity index (χ3n) is 4.75. The highest BCUT2D eigenvalue weighted by Crippen LogP contribution is 2.32. The number of terminal acetylenes is 1. The lowest BCUT2D eigenvalue weighted by atomic mass is 10.2. The maximum Gasteiger partial charge on any atom is 0.266 e. The number of rotatable bonds is 4. The number of fused-ring (bicyclic) bond motifs is 1. The van der Waals surface area contributed by atoms with Crippen molar-refractivity contribution in [2.75, 3.05) is 6.54 Å². The number of halogens is 3. The van der Waals surface area contributed by atoms with E-state index in [1.54, 1.807) is 0 Å². The van der Waals surface area contributed by atoms with Crippen LogP contribution in [0.5, 0.6) is 0 Å². The lowest BCUT2D eigenvalue weighted by molar-refractivity contribution is -0.121. The van der Waals surface area contributed by atoms with Crippen molar-refractivity contribution in [2.24, 2.45) is 4.99 Å². The highest BCUT2D eigenvalue weighted by atomic mass is 35.5. The number of amides is 1. The van der Waals surface area contributed by atoms with E-state index in [0.717, 1.165) is 39.1 Å². The summed E-state index contributed by atoms with van der Waals surface area (Å²) in [5.41, 5.74) is 0.0417. The molecule has 0 radical (unpaired) electrons. The number of carbonyl (C=O) groups is 1. The Labute approximate surface area is 189 Å². The third-order valence-corrected chi connectivity index (χ3v) is 9.38. The first-order chi connectivity index (χ1) is 14.7. The molecule has 0 aliphatic carbocycles. The Morgan fingerprint density at radius 1 is 1.32 bits per heavy atom. The summed E-state index contributed by atoms with van der Waals surface area (Å²) in [6.07, 6.45) is 6.15. The first-order valence-electron chi connectivity index (χ1n) is 9.00. The normalized spacial score (nSPS) is 18.0. The fourth-order valence-electron chi connectivity index (χ4n) is 3.45.